The van der Waals surface area contributed by atoms with Gasteiger partial charge in [0.25, 0.3) is 5.91 Å². The van der Waals surface area contributed by atoms with E-state index in [1.807, 2.05) is 0 Å². The summed E-state index contributed by atoms with van der Waals surface area (Å²) in [6.45, 7) is 3.18. The van der Waals surface area contributed by atoms with Crippen LogP contribution in [-0.4, -0.2) is 51.5 Å². The number of hydrogen-bond donors (Lipinski definition) is 1. The molecule has 0 fully saturated rings. The molecule has 0 aliphatic carbocycles. The number of nitrogens with one attached hydrogen (secondary N) is 1. The van der Waals surface area contributed by atoms with E-state index in [0.29, 0.717) is 37.9 Å². The Kier molecular flexibility index (Phi) is 6.69. The van der Waals surface area contributed by atoms with Gasteiger partial charge in [0.2, 0.25) is 0 Å². The lowest BCUT2D eigenvalue weighted by Gasteiger charge is -2.15. The van der Waals surface area contributed by atoms with Gasteiger partial charge in [0.05, 0.1) is 30.4 Å². The van der Waals surface area contributed by atoms with E-state index in [1.54, 1.807) is 0 Å². The minimum absolute atomic E-state index is 0.195. The van der Waals surface area contributed by atoms with Crippen LogP contribution in [0, 0.1) is 0 Å². The summed E-state index contributed by atoms with van der Waals surface area (Å²) in [5.41, 5.74) is 0.195. The van der Waals surface area contributed by atoms with Crippen molar-refractivity contribution in [3.05, 3.63) is 22.7 Å². The Morgan fingerprint density at radius 1 is 1.33 bits per heavy atom. The van der Waals surface area contributed by atoms with Gasteiger partial charge < -0.3 is 24.3 Å². The Balaban J connectivity index is 2.03. The van der Waals surface area contributed by atoms with Crippen molar-refractivity contribution >= 4 is 23.5 Å². The Bertz CT molecular complexity index is 606. The first-order valence-corrected chi connectivity index (χ1v) is 7.97. The molecule has 1 aliphatic rings. The SMILES string of the molecule is COCCNC(=O)[C@@H](C)OC(=O)c1cc(Cl)c2c(c1)OCCCO2. The molecule has 1 atom stereocenters. The molecule has 1 heterocycles. The molecule has 1 N–H and O–H groups in total. The van der Waals surface area contributed by atoms with Gasteiger partial charge in [0, 0.05) is 20.1 Å². The van der Waals surface area contributed by atoms with Gasteiger partial charge >= 0.3 is 5.97 Å². The van der Waals surface area contributed by atoms with Gasteiger partial charge in [0.15, 0.2) is 17.6 Å². The van der Waals surface area contributed by atoms with Crippen LogP contribution in [0.4, 0.5) is 0 Å². The fourth-order valence-electron chi connectivity index (χ4n) is 2.05. The minimum atomic E-state index is -0.941. The fraction of sp³-hybridized carbons (Fsp3) is 0.500. The number of amides is 1. The van der Waals surface area contributed by atoms with E-state index >= 15 is 0 Å². The lowest BCUT2D eigenvalue weighted by molar-refractivity contribution is -0.129. The predicted molar refractivity (Wildman–Crippen MR) is 86.8 cm³/mol. The maximum absolute atomic E-state index is 12.2. The van der Waals surface area contributed by atoms with Crippen LogP contribution in [0.2, 0.25) is 5.02 Å². The molecular weight excluding hydrogens is 338 g/mol. The number of carbonyl (C=O) groups is 2. The molecule has 0 saturated heterocycles. The van der Waals surface area contributed by atoms with E-state index in [1.165, 1.54) is 26.2 Å². The van der Waals surface area contributed by atoms with Crippen molar-refractivity contribution in [1.82, 2.24) is 5.32 Å². The van der Waals surface area contributed by atoms with Crippen molar-refractivity contribution in [1.29, 1.82) is 0 Å². The van der Waals surface area contributed by atoms with Gasteiger partial charge in [-0.1, -0.05) is 11.6 Å². The van der Waals surface area contributed by atoms with E-state index in [9.17, 15) is 9.59 Å². The Hall–Kier alpha value is -1.99. The average Bonchev–Trinajstić information content (AvgIpc) is 2.80. The fourth-order valence-corrected chi connectivity index (χ4v) is 2.32. The third kappa shape index (κ3) is 4.75. The zero-order valence-corrected chi connectivity index (χ0v) is 14.4. The third-order valence-electron chi connectivity index (χ3n) is 3.30. The normalized spacial score (nSPS) is 14.5. The van der Waals surface area contributed by atoms with Crippen LogP contribution in [0.15, 0.2) is 12.1 Å². The highest BCUT2D eigenvalue weighted by Gasteiger charge is 2.22. The summed E-state index contributed by atoms with van der Waals surface area (Å²) in [6, 6.07) is 2.94. The molecular formula is C16H20ClNO6. The van der Waals surface area contributed by atoms with Crippen molar-refractivity contribution in [2.75, 3.05) is 33.5 Å². The topological polar surface area (TPSA) is 83.1 Å². The first kappa shape index (κ1) is 18.4. The van der Waals surface area contributed by atoms with Gasteiger partial charge in [-0.05, 0) is 19.1 Å². The summed E-state index contributed by atoms with van der Waals surface area (Å²) in [6.07, 6.45) is -0.215. The maximum atomic E-state index is 12.2. The van der Waals surface area contributed by atoms with Crippen molar-refractivity contribution in [3.8, 4) is 11.5 Å². The van der Waals surface area contributed by atoms with Crippen LogP contribution >= 0.6 is 11.6 Å². The largest absolute Gasteiger partial charge is 0.489 e. The average molecular weight is 358 g/mol. The molecule has 24 heavy (non-hydrogen) atoms. The first-order chi connectivity index (χ1) is 11.5. The highest BCUT2D eigenvalue weighted by atomic mass is 35.5. The second-order valence-corrected chi connectivity index (χ2v) is 5.57. The highest BCUT2D eigenvalue weighted by molar-refractivity contribution is 6.32. The van der Waals surface area contributed by atoms with Gasteiger partial charge in [-0.2, -0.15) is 0 Å². The number of ether oxygens (including phenoxy) is 4. The molecule has 0 saturated carbocycles. The molecule has 0 spiro atoms. The minimum Gasteiger partial charge on any atom is -0.489 e. The van der Waals surface area contributed by atoms with Gasteiger partial charge in [-0.25, -0.2) is 4.79 Å². The summed E-state index contributed by atoms with van der Waals surface area (Å²) in [5.74, 6) is -0.261. The Morgan fingerprint density at radius 3 is 2.83 bits per heavy atom. The van der Waals surface area contributed by atoms with Gasteiger partial charge in [-0.15, -0.1) is 0 Å². The van der Waals surface area contributed by atoms with Crippen LogP contribution < -0.4 is 14.8 Å². The van der Waals surface area contributed by atoms with Crippen molar-refractivity contribution in [2.45, 2.75) is 19.4 Å². The number of carbonyl (C=O) groups excluding carboxylic acids is 2. The molecule has 8 heteroatoms. The van der Waals surface area contributed by atoms with E-state index in [2.05, 4.69) is 5.32 Å². The molecule has 2 rings (SSSR count). The molecule has 1 aromatic carbocycles. The van der Waals surface area contributed by atoms with Gasteiger partial charge in [0.1, 0.15) is 0 Å². The number of benzene rings is 1. The standard InChI is InChI=1S/C16H20ClNO6/c1-10(15(19)18-4-7-21-2)24-16(20)11-8-12(17)14-13(9-11)22-5-3-6-23-14/h8-10H,3-7H2,1-2H3,(H,18,19)/t10-/m1/s1. The maximum Gasteiger partial charge on any atom is 0.339 e. The van der Waals surface area contributed by atoms with Crippen LogP contribution in [-0.2, 0) is 14.3 Å². The molecule has 0 unspecified atom stereocenters. The lowest BCUT2D eigenvalue weighted by Crippen LogP contribution is -2.37. The smallest absolute Gasteiger partial charge is 0.339 e. The van der Waals surface area contributed by atoms with Crippen LogP contribution in [0.1, 0.15) is 23.7 Å². The second kappa shape index (κ2) is 8.75. The Labute approximate surface area is 145 Å². The number of fused-ring (bicyclic) bond motifs is 1. The van der Waals surface area contributed by atoms with Crippen LogP contribution in [0.3, 0.4) is 0 Å². The van der Waals surface area contributed by atoms with Crippen LogP contribution in [0.25, 0.3) is 0 Å². The first-order valence-electron chi connectivity index (χ1n) is 7.59. The molecule has 0 bridgehead atoms. The molecule has 0 aromatic heterocycles. The summed E-state index contributed by atoms with van der Waals surface area (Å²) < 4.78 is 21.0. The molecule has 7 nitrogen and oxygen atoms in total. The van der Waals surface area contributed by atoms with E-state index < -0.39 is 18.0 Å². The second-order valence-electron chi connectivity index (χ2n) is 5.17. The number of halogens is 1. The van der Waals surface area contributed by atoms with Crippen molar-refractivity contribution in [2.24, 2.45) is 0 Å². The molecule has 1 aromatic rings. The summed E-state index contributed by atoms with van der Waals surface area (Å²) in [5, 5.41) is 2.86. The Morgan fingerprint density at radius 2 is 2.08 bits per heavy atom. The zero-order valence-electron chi connectivity index (χ0n) is 13.6. The van der Waals surface area contributed by atoms with Crippen molar-refractivity contribution in [3.63, 3.8) is 0 Å². The zero-order chi connectivity index (χ0) is 17.5. The molecule has 1 aliphatic heterocycles. The molecule has 0 radical (unpaired) electrons. The van der Waals surface area contributed by atoms with E-state index in [-0.39, 0.29) is 10.6 Å². The quantitative estimate of drug-likeness (QED) is 0.617. The third-order valence-corrected chi connectivity index (χ3v) is 3.58. The monoisotopic (exact) mass is 357 g/mol. The highest BCUT2D eigenvalue weighted by Crippen LogP contribution is 2.38. The van der Waals surface area contributed by atoms with E-state index in [0.717, 1.165) is 6.42 Å². The van der Waals surface area contributed by atoms with E-state index in [4.69, 9.17) is 30.5 Å². The lowest BCUT2D eigenvalue weighted by atomic mass is 10.2. The molecule has 132 valence electrons. The number of methoxy groups -OCH3 is 1. The summed E-state index contributed by atoms with van der Waals surface area (Å²) in [7, 11) is 1.53. The summed E-state index contributed by atoms with van der Waals surface area (Å²) in [4.78, 5) is 24.0. The van der Waals surface area contributed by atoms with Gasteiger partial charge in [-0.3, -0.25) is 4.79 Å². The number of hydrogen-bond acceptors (Lipinski definition) is 6. The van der Waals surface area contributed by atoms with Crippen LogP contribution in [0.5, 0.6) is 11.5 Å². The number of rotatable bonds is 6. The molecule has 1 amide bonds. The predicted octanol–water partition coefficient (Wildman–Crippen LogP) is 1.81. The number of esters is 1. The summed E-state index contributed by atoms with van der Waals surface area (Å²) >= 11 is 6.14. The van der Waals surface area contributed by atoms with Crippen molar-refractivity contribution < 1.29 is 28.5 Å².